The van der Waals surface area contributed by atoms with E-state index in [0.29, 0.717) is 0 Å². The number of nitriles is 1. The molecule has 0 saturated heterocycles. The molecule has 0 aliphatic rings. The third kappa shape index (κ3) is 2.14. The largest absolute Gasteiger partial charge is 0.465 e. The predicted molar refractivity (Wildman–Crippen MR) is 60.6 cm³/mol. The molecule has 0 saturated carbocycles. The van der Waals surface area contributed by atoms with Crippen LogP contribution in [-0.4, -0.2) is 18.1 Å². The molecule has 0 radical (unpaired) electrons. The molecule has 0 spiro atoms. The standard InChI is InChI=1S/C12H14N2O2/c1-7-8(2)11(14-9(7)3)5-10(6-13)12(15)16-4/h5,14H,1-4H3/b10-5+. The van der Waals surface area contributed by atoms with Crippen molar-refractivity contribution in [3.63, 3.8) is 0 Å². The second-order valence-electron chi connectivity index (χ2n) is 3.58. The lowest BCUT2D eigenvalue weighted by atomic mass is 10.1. The van der Waals surface area contributed by atoms with Gasteiger partial charge in [-0.3, -0.25) is 0 Å². The van der Waals surface area contributed by atoms with Crippen molar-refractivity contribution in [2.24, 2.45) is 0 Å². The smallest absolute Gasteiger partial charge is 0.348 e. The zero-order chi connectivity index (χ0) is 12.3. The lowest BCUT2D eigenvalue weighted by Gasteiger charge is -1.96. The van der Waals surface area contributed by atoms with E-state index in [-0.39, 0.29) is 5.57 Å². The van der Waals surface area contributed by atoms with Gasteiger partial charge in [-0.15, -0.1) is 0 Å². The van der Waals surface area contributed by atoms with E-state index < -0.39 is 5.97 Å². The molecule has 0 aliphatic heterocycles. The van der Waals surface area contributed by atoms with Crippen molar-refractivity contribution in [3.05, 3.63) is 28.1 Å². The summed E-state index contributed by atoms with van der Waals surface area (Å²) < 4.78 is 4.51. The summed E-state index contributed by atoms with van der Waals surface area (Å²) in [5.41, 5.74) is 3.97. The SMILES string of the molecule is COC(=O)/C(C#N)=C/c1[nH]c(C)c(C)c1C. The molecule has 0 fully saturated rings. The molecule has 0 atom stereocenters. The topological polar surface area (TPSA) is 65.9 Å². The molecule has 0 aromatic carbocycles. The molecule has 16 heavy (non-hydrogen) atoms. The highest BCUT2D eigenvalue weighted by Gasteiger charge is 2.11. The molecular weight excluding hydrogens is 204 g/mol. The van der Waals surface area contributed by atoms with Crippen molar-refractivity contribution in [2.75, 3.05) is 7.11 Å². The Morgan fingerprint density at radius 2 is 2.00 bits per heavy atom. The van der Waals surface area contributed by atoms with E-state index in [1.807, 2.05) is 26.8 Å². The zero-order valence-corrected chi connectivity index (χ0v) is 9.84. The van der Waals surface area contributed by atoms with Crippen molar-refractivity contribution in [3.8, 4) is 6.07 Å². The number of nitrogens with zero attached hydrogens (tertiary/aromatic N) is 1. The Kier molecular flexibility index (Phi) is 3.51. The molecule has 1 aromatic rings. The minimum absolute atomic E-state index is 0.00755. The Balaban J connectivity index is 3.20. The van der Waals surface area contributed by atoms with Crippen molar-refractivity contribution in [1.29, 1.82) is 5.26 Å². The third-order valence-electron chi connectivity index (χ3n) is 2.67. The summed E-state index contributed by atoms with van der Waals surface area (Å²) in [5, 5.41) is 8.82. The highest BCUT2D eigenvalue weighted by molar-refractivity contribution is 5.97. The Hall–Kier alpha value is -2.02. The van der Waals surface area contributed by atoms with Gasteiger partial charge in [0.1, 0.15) is 11.6 Å². The number of hydrogen-bond donors (Lipinski definition) is 1. The molecular formula is C12H14N2O2. The van der Waals surface area contributed by atoms with E-state index in [1.54, 1.807) is 0 Å². The van der Waals surface area contributed by atoms with Gasteiger partial charge in [0, 0.05) is 11.4 Å². The van der Waals surface area contributed by atoms with Crippen LogP contribution in [0.1, 0.15) is 22.5 Å². The number of aryl methyl sites for hydroxylation is 1. The monoisotopic (exact) mass is 218 g/mol. The third-order valence-corrected chi connectivity index (χ3v) is 2.67. The van der Waals surface area contributed by atoms with E-state index in [0.717, 1.165) is 22.5 Å². The summed E-state index contributed by atoms with van der Waals surface area (Å²) in [6, 6.07) is 1.82. The van der Waals surface area contributed by atoms with Crippen LogP contribution in [0.15, 0.2) is 5.57 Å². The first kappa shape index (κ1) is 12.1. The normalized spacial score (nSPS) is 11.1. The van der Waals surface area contributed by atoms with E-state index in [2.05, 4.69) is 9.72 Å². The van der Waals surface area contributed by atoms with Gasteiger partial charge in [0.15, 0.2) is 0 Å². The van der Waals surface area contributed by atoms with E-state index in [9.17, 15) is 4.79 Å². The highest BCUT2D eigenvalue weighted by Crippen LogP contribution is 2.19. The lowest BCUT2D eigenvalue weighted by Crippen LogP contribution is -2.02. The summed E-state index contributed by atoms with van der Waals surface area (Å²) >= 11 is 0. The first-order valence-electron chi connectivity index (χ1n) is 4.87. The summed E-state index contributed by atoms with van der Waals surface area (Å²) in [7, 11) is 1.26. The van der Waals surface area contributed by atoms with Gasteiger partial charge in [-0.1, -0.05) is 0 Å². The Bertz CT molecular complexity index is 490. The van der Waals surface area contributed by atoms with Crippen molar-refractivity contribution in [2.45, 2.75) is 20.8 Å². The van der Waals surface area contributed by atoms with Crippen LogP contribution in [0.25, 0.3) is 6.08 Å². The van der Waals surface area contributed by atoms with Crippen LogP contribution in [0.3, 0.4) is 0 Å². The molecule has 84 valence electrons. The number of esters is 1. The molecule has 1 aromatic heterocycles. The van der Waals surface area contributed by atoms with Crippen LogP contribution < -0.4 is 0 Å². The first-order chi connectivity index (χ1) is 7.51. The minimum Gasteiger partial charge on any atom is -0.465 e. The van der Waals surface area contributed by atoms with E-state index in [1.165, 1.54) is 13.2 Å². The number of nitrogens with one attached hydrogen (secondary N) is 1. The second kappa shape index (κ2) is 4.67. The van der Waals surface area contributed by atoms with Gasteiger partial charge in [-0.2, -0.15) is 5.26 Å². The molecule has 4 nitrogen and oxygen atoms in total. The van der Waals surface area contributed by atoms with Gasteiger partial charge < -0.3 is 9.72 Å². The minimum atomic E-state index is -0.619. The van der Waals surface area contributed by atoms with Crippen LogP contribution in [0.2, 0.25) is 0 Å². The number of carbonyl (C=O) groups is 1. The van der Waals surface area contributed by atoms with Crippen molar-refractivity contribution < 1.29 is 9.53 Å². The average molecular weight is 218 g/mol. The highest BCUT2D eigenvalue weighted by atomic mass is 16.5. The fourth-order valence-electron chi connectivity index (χ4n) is 1.41. The van der Waals surface area contributed by atoms with Crippen molar-refractivity contribution >= 4 is 12.0 Å². The number of hydrogen-bond acceptors (Lipinski definition) is 3. The van der Waals surface area contributed by atoms with Crippen LogP contribution >= 0.6 is 0 Å². The number of methoxy groups -OCH3 is 1. The molecule has 0 aliphatic carbocycles. The van der Waals surface area contributed by atoms with Gasteiger partial charge in [0.2, 0.25) is 0 Å². The number of rotatable bonds is 2. The average Bonchev–Trinajstić information content (AvgIpc) is 2.52. The van der Waals surface area contributed by atoms with Gasteiger partial charge >= 0.3 is 5.97 Å². The summed E-state index contributed by atoms with van der Waals surface area (Å²) in [6.07, 6.45) is 1.52. The number of aromatic amines is 1. The second-order valence-corrected chi connectivity index (χ2v) is 3.58. The molecule has 1 heterocycles. The quantitative estimate of drug-likeness (QED) is 0.469. The molecule has 1 rings (SSSR count). The lowest BCUT2D eigenvalue weighted by molar-refractivity contribution is -0.135. The Labute approximate surface area is 94.5 Å². The Morgan fingerprint density at radius 1 is 1.38 bits per heavy atom. The first-order valence-corrected chi connectivity index (χ1v) is 4.87. The predicted octanol–water partition coefficient (Wildman–Crippen LogP) is 2.02. The van der Waals surface area contributed by atoms with Crippen molar-refractivity contribution in [1.82, 2.24) is 4.98 Å². The van der Waals surface area contributed by atoms with Crippen LogP contribution in [-0.2, 0) is 9.53 Å². The number of carbonyl (C=O) groups excluding carboxylic acids is 1. The van der Waals surface area contributed by atoms with E-state index in [4.69, 9.17) is 5.26 Å². The van der Waals surface area contributed by atoms with Gasteiger partial charge in [0.25, 0.3) is 0 Å². The maximum atomic E-state index is 11.2. The molecule has 0 amide bonds. The van der Waals surface area contributed by atoms with E-state index >= 15 is 0 Å². The number of ether oxygens (including phenoxy) is 1. The number of aromatic nitrogens is 1. The van der Waals surface area contributed by atoms with Crippen LogP contribution in [0.4, 0.5) is 0 Å². The van der Waals surface area contributed by atoms with Gasteiger partial charge in [-0.05, 0) is 38.0 Å². The zero-order valence-electron chi connectivity index (χ0n) is 9.84. The summed E-state index contributed by atoms with van der Waals surface area (Å²) in [5.74, 6) is -0.619. The fraction of sp³-hybridized carbons (Fsp3) is 0.333. The summed E-state index contributed by atoms with van der Waals surface area (Å²) in [6.45, 7) is 5.88. The van der Waals surface area contributed by atoms with Crippen LogP contribution in [0.5, 0.6) is 0 Å². The molecule has 4 heteroatoms. The van der Waals surface area contributed by atoms with Gasteiger partial charge in [-0.25, -0.2) is 4.79 Å². The molecule has 1 N–H and O–H groups in total. The fourth-order valence-corrected chi connectivity index (χ4v) is 1.41. The molecule has 0 bridgehead atoms. The van der Waals surface area contributed by atoms with Gasteiger partial charge in [0.05, 0.1) is 7.11 Å². The Morgan fingerprint density at radius 3 is 2.38 bits per heavy atom. The maximum absolute atomic E-state index is 11.2. The van der Waals surface area contributed by atoms with Crippen LogP contribution in [0, 0.1) is 32.1 Å². The summed E-state index contributed by atoms with van der Waals surface area (Å²) in [4.78, 5) is 14.3. The maximum Gasteiger partial charge on any atom is 0.348 e. The molecule has 0 unspecified atom stereocenters. The number of H-pyrrole nitrogens is 1.